The van der Waals surface area contributed by atoms with E-state index >= 15 is 0 Å². The van der Waals surface area contributed by atoms with Crippen LogP contribution in [0.3, 0.4) is 0 Å². The van der Waals surface area contributed by atoms with Crippen LogP contribution in [0.15, 0.2) is 45.5 Å². The Kier molecular flexibility index (Phi) is 4.29. The number of rotatable bonds is 4. The van der Waals surface area contributed by atoms with Gasteiger partial charge < -0.3 is 9.84 Å². The average molecular weight is 375 g/mol. The first-order valence-corrected chi connectivity index (χ1v) is 7.85. The van der Waals surface area contributed by atoms with Crippen molar-refractivity contribution in [2.24, 2.45) is 0 Å². The molecule has 0 radical (unpaired) electrons. The number of nitrogens with zero attached hydrogens (tertiary/aromatic N) is 3. The normalized spacial score (nSPS) is 10.7. The van der Waals surface area contributed by atoms with Crippen LogP contribution < -0.4 is 5.32 Å². The van der Waals surface area contributed by atoms with Gasteiger partial charge in [-0.2, -0.15) is 5.10 Å². The summed E-state index contributed by atoms with van der Waals surface area (Å²) in [6, 6.07) is 9.65. The Morgan fingerprint density at radius 3 is 2.78 bits per heavy atom. The highest BCUT2D eigenvalue weighted by atomic mass is 79.9. The fourth-order valence-corrected chi connectivity index (χ4v) is 2.75. The van der Waals surface area contributed by atoms with Crippen LogP contribution in [-0.4, -0.2) is 20.8 Å². The minimum Gasteiger partial charge on any atom is -0.361 e. The highest BCUT2D eigenvalue weighted by Crippen LogP contribution is 2.20. The number of anilines is 1. The van der Waals surface area contributed by atoms with Crippen LogP contribution in [0.25, 0.3) is 0 Å². The van der Waals surface area contributed by atoms with Gasteiger partial charge in [0.25, 0.3) is 5.91 Å². The number of benzene rings is 1. The Morgan fingerprint density at radius 2 is 2.09 bits per heavy atom. The summed E-state index contributed by atoms with van der Waals surface area (Å²) >= 11 is 3.52. The monoisotopic (exact) mass is 374 g/mol. The number of hydrogen-bond acceptors (Lipinski definition) is 4. The van der Waals surface area contributed by atoms with E-state index in [0.717, 1.165) is 10.0 Å². The second kappa shape index (κ2) is 6.37. The topological polar surface area (TPSA) is 73.0 Å². The van der Waals surface area contributed by atoms with Crippen molar-refractivity contribution in [3.05, 3.63) is 63.6 Å². The number of carbonyl (C=O) groups is 1. The van der Waals surface area contributed by atoms with E-state index in [1.807, 2.05) is 24.3 Å². The molecule has 0 atom stereocenters. The Balaban J connectivity index is 1.82. The van der Waals surface area contributed by atoms with Gasteiger partial charge in [-0.1, -0.05) is 39.3 Å². The second-order valence-electron chi connectivity index (χ2n) is 5.12. The van der Waals surface area contributed by atoms with Gasteiger partial charge in [-0.15, -0.1) is 0 Å². The molecule has 0 unspecified atom stereocenters. The van der Waals surface area contributed by atoms with Gasteiger partial charge in [0.05, 0.1) is 18.4 Å². The van der Waals surface area contributed by atoms with Gasteiger partial charge in [0, 0.05) is 10.5 Å². The fourth-order valence-electron chi connectivity index (χ4n) is 2.34. The molecule has 0 aliphatic rings. The second-order valence-corrected chi connectivity index (χ2v) is 5.97. The molecule has 1 aromatic carbocycles. The van der Waals surface area contributed by atoms with Crippen LogP contribution >= 0.6 is 15.9 Å². The zero-order valence-corrected chi connectivity index (χ0v) is 14.3. The molecule has 1 N–H and O–H groups in total. The lowest BCUT2D eigenvalue weighted by Gasteiger charge is -2.10. The van der Waals surface area contributed by atoms with E-state index in [1.54, 1.807) is 30.8 Å². The molecule has 2 heterocycles. The molecule has 0 fully saturated rings. The van der Waals surface area contributed by atoms with Crippen LogP contribution in [0, 0.1) is 13.8 Å². The summed E-state index contributed by atoms with van der Waals surface area (Å²) in [6.45, 7) is 4.00. The summed E-state index contributed by atoms with van der Waals surface area (Å²) in [4.78, 5) is 12.4. The van der Waals surface area contributed by atoms with Crippen molar-refractivity contribution in [2.45, 2.75) is 20.4 Å². The molecule has 2 aromatic heterocycles. The highest BCUT2D eigenvalue weighted by Gasteiger charge is 2.19. The molecular weight excluding hydrogens is 360 g/mol. The molecule has 0 saturated carbocycles. The van der Waals surface area contributed by atoms with E-state index < -0.39 is 0 Å². The van der Waals surface area contributed by atoms with Crippen molar-refractivity contribution in [3.8, 4) is 0 Å². The number of carbonyl (C=O) groups excluding carboxylic acids is 1. The largest absolute Gasteiger partial charge is 0.361 e. The van der Waals surface area contributed by atoms with Gasteiger partial charge in [-0.3, -0.25) is 4.79 Å². The van der Waals surface area contributed by atoms with E-state index in [2.05, 4.69) is 31.5 Å². The van der Waals surface area contributed by atoms with E-state index in [4.69, 9.17) is 4.52 Å². The highest BCUT2D eigenvalue weighted by molar-refractivity contribution is 9.10. The van der Waals surface area contributed by atoms with Crippen LogP contribution in [0.1, 0.15) is 27.4 Å². The summed E-state index contributed by atoms with van der Waals surface area (Å²) in [6.07, 6.45) is 1.65. The van der Waals surface area contributed by atoms with Crippen molar-refractivity contribution < 1.29 is 9.32 Å². The molecule has 0 saturated heterocycles. The third-order valence-corrected chi connectivity index (χ3v) is 4.27. The fraction of sp³-hybridized carbons (Fsp3) is 0.188. The zero-order chi connectivity index (χ0) is 16.4. The Bertz CT molecular complexity index is 834. The van der Waals surface area contributed by atoms with Crippen LogP contribution in [-0.2, 0) is 6.54 Å². The van der Waals surface area contributed by atoms with E-state index in [0.29, 0.717) is 29.4 Å². The van der Waals surface area contributed by atoms with Gasteiger partial charge >= 0.3 is 0 Å². The number of aryl methyl sites for hydroxylation is 2. The summed E-state index contributed by atoms with van der Waals surface area (Å²) in [5, 5.41) is 10.9. The van der Waals surface area contributed by atoms with E-state index in [-0.39, 0.29) is 5.91 Å². The average Bonchev–Trinajstić information content (AvgIpc) is 3.08. The van der Waals surface area contributed by atoms with Crippen molar-refractivity contribution >= 4 is 27.7 Å². The summed E-state index contributed by atoms with van der Waals surface area (Å²) in [7, 11) is 0. The number of amides is 1. The summed E-state index contributed by atoms with van der Waals surface area (Å²) < 4.78 is 7.77. The SMILES string of the molecule is Cc1noc(C)c1C(=O)Nc1ccnn1Cc1ccccc1Br. The molecule has 0 spiro atoms. The molecule has 7 heteroatoms. The molecular formula is C16H15BrN4O2. The van der Waals surface area contributed by atoms with Crippen molar-refractivity contribution in [1.82, 2.24) is 14.9 Å². The molecule has 3 aromatic rings. The van der Waals surface area contributed by atoms with Gasteiger partial charge in [-0.25, -0.2) is 4.68 Å². The Hall–Kier alpha value is -2.41. The minimum absolute atomic E-state index is 0.255. The predicted molar refractivity (Wildman–Crippen MR) is 89.4 cm³/mol. The van der Waals surface area contributed by atoms with Crippen LogP contribution in [0.5, 0.6) is 0 Å². The van der Waals surface area contributed by atoms with Crippen molar-refractivity contribution in [1.29, 1.82) is 0 Å². The standard InChI is InChI=1S/C16H15BrN4O2/c1-10-15(11(2)23-20-10)16(22)19-14-7-8-18-21(14)9-12-5-3-4-6-13(12)17/h3-8H,9H2,1-2H3,(H,19,22). The molecule has 0 aliphatic heterocycles. The molecule has 3 rings (SSSR count). The summed E-state index contributed by atoms with van der Waals surface area (Å²) in [5.74, 6) is 0.859. The van der Waals surface area contributed by atoms with Gasteiger partial charge in [0.15, 0.2) is 0 Å². The lowest BCUT2D eigenvalue weighted by molar-refractivity contribution is 0.102. The van der Waals surface area contributed by atoms with Crippen molar-refractivity contribution in [3.63, 3.8) is 0 Å². The van der Waals surface area contributed by atoms with Gasteiger partial charge in [0.2, 0.25) is 0 Å². The van der Waals surface area contributed by atoms with Gasteiger partial charge in [0.1, 0.15) is 17.1 Å². The molecule has 6 nitrogen and oxygen atoms in total. The number of nitrogens with one attached hydrogen (secondary N) is 1. The van der Waals surface area contributed by atoms with E-state index in [1.165, 1.54) is 0 Å². The van der Waals surface area contributed by atoms with E-state index in [9.17, 15) is 4.79 Å². The van der Waals surface area contributed by atoms with Crippen molar-refractivity contribution in [2.75, 3.05) is 5.32 Å². The minimum atomic E-state index is -0.255. The number of hydrogen-bond donors (Lipinski definition) is 1. The van der Waals surface area contributed by atoms with Gasteiger partial charge in [-0.05, 0) is 25.5 Å². The Labute approximate surface area is 141 Å². The Morgan fingerprint density at radius 1 is 1.30 bits per heavy atom. The third-order valence-electron chi connectivity index (χ3n) is 3.50. The lowest BCUT2D eigenvalue weighted by Crippen LogP contribution is -2.17. The first-order valence-electron chi connectivity index (χ1n) is 7.05. The first-order chi connectivity index (χ1) is 11.1. The quantitative estimate of drug-likeness (QED) is 0.757. The third kappa shape index (κ3) is 3.19. The smallest absolute Gasteiger partial charge is 0.262 e. The number of halogens is 1. The van der Waals surface area contributed by atoms with Crippen LogP contribution in [0.4, 0.5) is 5.82 Å². The maximum Gasteiger partial charge on any atom is 0.262 e. The maximum absolute atomic E-state index is 12.4. The first kappa shape index (κ1) is 15.5. The van der Waals surface area contributed by atoms with Crippen LogP contribution in [0.2, 0.25) is 0 Å². The number of aromatic nitrogens is 3. The maximum atomic E-state index is 12.4. The molecule has 0 aliphatic carbocycles. The molecule has 1 amide bonds. The lowest BCUT2D eigenvalue weighted by atomic mass is 10.2. The molecule has 23 heavy (non-hydrogen) atoms. The zero-order valence-electron chi connectivity index (χ0n) is 12.7. The predicted octanol–water partition coefficient (Wildman–Crippen LogP) is 3.55. The molecule has 0 bridgehead atoms. The molecule has 118 valence electrons. The summed E-state index contributed by atoms with van der Waals surface area (Å²) in [5.41, 5.74) is 2.10.